The van der Waals surface area contributed by atoms with Crippen molar-refractivity contribution in [2.45, 2.75) is 12.3 Å². The van der Waals surface area contributed by atoms with Crippen molar-refractivity contribution in [2.24, 2.45) is 0 Å². The summed E-state index contributed by atoms with van der Waals surface area (Å²) in [6, 6.07) is 13.9. The van der Waals surface area contributed by atoms with Gasteiger partial charge in [0.05, 0.1) is 39.2 Å². The first-order valence-corrected chi connectivity index (χ1v) is 11.1. The van der Waals surface area contributed by atoms with Gasteiger partial charge in [0.1, 0.15) is 5.75 Å². The van der Waals surface area contributed by atoms with E-state index in [0.717, 1.165) is 54.4 Å². The third-order valence-corrected chi connectivity index (χ3v) is 6.50. The smallest absolute Gasteiger partial charge is 0.292 e. The van der Waals surface area contributed by atoms with E-state index in [9.17, 15) is 9.90 Å². The fourth-order valence-corrected chi connectivity index (χ4v) is 4.76. The first-order valence-electron chi connectivity index (χ1n) is 11.1. The maximum atomic E-state index is 13.5. The zero-order valence-electron chi connectivity index (χ0n) is 18.3. The van der Waals surface area contributed by atoms with Crippen LogP contribution >= 0.6 is 0 Å². The topological polar surface area (TPSA) is 74.7 Å². The van der Waals surface area contributed by atoms with Crippen molar-refractivity contribution < 1.29 is 24.1 Å². The van der Waals surface area contributed by atoms with Gasteiger partial charge in [-0.1, -0.05) is 12.1 Å². The van der Waals surface area contributed by atoms with Crippen molar-refractivity contribution in [3.63, 3.8) is 0 Å². The normalized spacial score (nSPS) is 20.2. The van der Waals surface area contributed by atoms with Crippen LogP contribution < -0.4 is 14.5 Å². The number of benzene rings is 2. The van der Waals surface area contributed by atoms with E-state index >= 15 is 0 Å². The van der Waals surface area contributed by atoms with Gasteiger partial charge >= 0.3 is 0 Å². The van der Waals surface area contributed by atoms with E-state index < -0.39 is 5.79 Å². The fourth-order valence-electron chi connectivity index (χ4n) is 4.76. The molecule has 1 amide bonds. The molecule has 5 rings (SSSR count). The number of carbonyl (C=O) groups excluding carboxylic acids is 1. The molecule has 0 saturated carbocycles. The maximum absolute atomic E-state index is 13.5. The van der Waals surface area contributed by atoms with Crippen LogP contribution in [0.4, 0.5) is 11.4 Å². The molecule has 32 heavy (non-hydrogen) atoms. The number of aliphatic hydroxyl groups is 1. The summed E-state index contributed by atoms with van der Waals surface area (Å²) < 4.78 is 17.1. The number of piperazine rings is 1. The highest BCUT2D eigenvalue weighted by Crippen LogP contribution is 2.47. The highest BCUT2D eigenvalue weighted by atomic mass is 16.7. The molecule has 3 heterocycles. The molecule has 2 aromatic rings. The Morgan fingerprint density at radius 3 is 2.41 bits per heavy atom. The predicted molar refractivity (Wildman–Crippen MR) is 120 cm³/mol. The van der Waals surface area contributed by atoms with Crippen LogP contribution in [0.1, 0.15) is 11.1 Å². The Bertz CT molecular complexity index is 966. The van der Waals surface area contributed by atoms with Gasteiger partial charge in [-0.3, -0.25) is 9.69 Å². The van der Waals surface area contributed by atoms with Crippen molar-refractivity contribution in [2.75, 3.05) is 69.5 Å². The van der Waals surface area contributed by atoms with E-state index in [-0.39, 0.29) is 12.5 Å². The largest absolute Gasteiger partial charge is 0.497 e. The summed E-state index contributed by atoms with van der Waals surface area (Å²) in [5.74, 6) is -0.744. The number of hydrogen-bond acceptors (Lipinski definition) is 7. The van der Waals surface area contributed by atoms with Gasteiger partial charge in [-0.25, -0.2) is 0 Å². The van der Waals surface area contributed by atoms with E-state index in [1.165, 1.54) is 0 Å². The molecule has 2 fully saturated rings. The standard InChI is InChI=1S/C24H29N3O5/c1-30-20-5-2-18(3-6-20)17-27-22-7-4-19(26-10-8-25(9-11-26)12-13-28)16-21(22)24(23(27)29)31-14-15-32-24/h2-7,16,28H,8-15,17H2,1H3. The minimum atomic E-state index is -1.35. The van der Waals surface area contributed by atoms with Crippen LogP contribution in [0.2, 0.25) is 0 Å². The van der Waals surface area contributed by atoms with Crippen molar-refractivity contribution >= 4 is 17.3 Å². The Morgan fingerprint density at radius 2 is 1.75 bits per heavy atom. The summed E-state index contributed by atoms with van der Waals surface area (Å²) in [6.07, 6.45) is 0. The van der Waals surface area contributed by atoms with Gasteiger partial charge in [-0.05, 0) is 35.9 Å². The lowest BCUT2D eigenvalue weighted by molar-refractivity contribution is -0.180. The van der Waals surface area contributed by atoms with Gasteiger partial charge in [0.25, 0.3) is 11.7 Å². The molecule has 3 aliphatic rings. The quantitative estimate of drug-likeness (QED) is 0.732. The van der Waals surface area contributed by atoms with Gasteiger partial charge in [-0.15, -0.1) is 0 Å². The molecule has 0 atom stereocenters. The summed E-state index contributed by atoms with van der Waals surface area (Å²) in [5.41, 5.74) is 3.67. The van der Waals surface area contributed by atoms with E-state index in [2.05, 4.69) is 15.9 Å². The lowest BCUT2D eigenvalue weighted by Crippen LogP contribution is -2.47. The molecule has 2 saturated heterocycles. The Kier molecular flexibility index (Phi) is 5.77. The molecule has 3 aliphatic heterocycles. The number of rotatable bonds is 6. The molecule has 0 aromatic heterocycles. The number of methoxy groups -OCH3 is 1. The minimum Gasteiger partial charge on any atom is -0.497 e. The van der Waals surface area contributed by atoms with E-state index in [1.807, 2.05) is 36.4 Å². The van der Waals surface area contributed by atoms with Gasteiger partial charge in [0.2, 0.25) is 0 Å². The van der Waals surface area contributed by atoms with Gasteiger partial charge < -0.3 is 29.1 Å². The lowest BCUT2D eigenvalue weighted by atomic mass is 10.1. The molecule has 0 radical (unpaired) electrons. The summed E-state index contributed by atoms with van der Waals surface area (Å²) in [5, 5.41) is 9.18. The molecular formula is C24H29N3O5. The Hall–Kier alpha value is -2.65. The number of anilines is 2. The van der Waals surface area contributed by atoms with Crippen LogP contribution in [0, 0.1) is 0 Å². The second-order valence-corrected chi connectivity index (χ2v) is 8.31. The number of fused-ring (bicyclic) bond motifs is 2. The number of amides is 1. The second kappa shape index (κ2) is 8.71. The molecule has 1 spiro atoms. The molecule has 1 N–H and O–H groups in total. The van der Waals surface area contributed by atoms with E-state index in [1.54, 1.807) is 12.0 Å². The molecule has 0 bridgehead atoms. The number of nitrogens with zero attached hydrogens (tertiary/aromatic N) is 3. The molecular weight excluding hydrogens is 410 g/mol. The molecule has 2 aromatic carbocycles. The van der Waals surface area contributed by atoms with Crippen LogP contribution in [0.15, 0.2) is 42.5 Å². The van der Waals surface area contributed by atoms with Crippen LogP contribution in [0.3, 0.4) is 0 Å². The Morgan fingerprint density at radius 1 is 1.03 bits per heavy atom. The molecule has 0 unspecified atom stereocenters. The number of aliphatic hydroxyl groups excluding tert-OH is 1. The van der Waals surface area contributed by atoms with Crippen LogP contribution in [-0.2, 0) is 26.6 Å². The van der Waals surface area contributed by atoms with E-state index in [4.69, 9.17) is 14.2 Å². The fraction of sp³-hybridized carbons (Fsp3) is 0.458. The van der Waals surface area contributed by atoms with Crippen molar-refractivity contribution in [3.8, 4) is 5.75 Å². The average Bonchev–Trinajstić information content (AvgIpc) is 3.41. The zero-order chi connectivity index (χ0) is 22.1. The third-order valence-electron chi connectivity index (χ3n) is 6.50. The Labute approximate surface area is 187 Å². The second-order valence-electron chi connectivity index (χ2n) is 8.31. The molecule has 0 aliphatic carbocycles. The minimum absolute atomic E-state index is 0.175. The summed E-state index contributed by atoms with van der Waals surface area (Å²) in [6.45, 7) is 5.66. The highest BCUT2D eigenvalue weighted by Gasteiger charge is 2.56. The summed E-state index contributed by atoms with van der Waals surface area (Å²) >= 11 is 0. The van der Waals surface area contributed by atoms with Crippen LogP contribution in [-0.4, -0.2) is 75.6 Å². The van der Waals surface area contributed by atoms with Crippen LogP contribution in [0.5, 0.6) is 5.75 Å². The van der Waals surface area contributed by atoms with Gasteiger partial charge in [-0.2, -0.15) is 0 Å². The zero-order valence-corrected chi connectivity index (χ0v) is 18.3. The molecule has 8 heteroatoms. The van der Waals surface area contributed by atoms with Crippen molar-refractivity contribution in [3.05, 3.63) is 53.6 Å². The van der Waals surface area contributed by atoms with E-state index in [0.29, 0.717) is 26.3 Å². The Balaban J connectivity index is 1.43. The summed E-state index contributed by atoms with van der Waals surface area (Å²) in [4.78, 5) is 19.9. The monoisotopic (exact) mass is 439 g/mol. The number of hydrogen-bond donors (Lipinski definition) is 1. The van der Waals surface area contributed by atoms with Crippen LogP contribution in [0.25, 0.3) is 0 Å². The SMILES string of the molecule is COc1ccc(CN2C(=O)C3(OCCO3)c3cc(N4CCN(CCO)CC4)ccc32)cc1. The van der Waals surface area contributed by atoms with Crippen molar-refractivity contribution in [1.29, 1.82) is 0 Å². The first kappa shape index (κ1) is 21.2. The average molecular weight is 440 g/mol. The number of carbonyl (C=O) groups is 1. The number of β-amino-alcohol motifs (C(OH)–C–C–N with tert-alkyl or cyclic N) is 1. The third kappa shape index (κ3) is 3.63. The number of ether oxygens (including phenoxy) is 3. The molecule has 8 nitrogen and oxygen atoms in total. The first-order chi connectivity index (χ1) is 15.6. The summed E-state index contributed by atoms with van der Waals surface area (Å²) in [7, 11) is 1.64. The predicted octanol–water partition coefficient (Wildman–Crippen LogP) is 1.56. The lowest BCUT2D eigenvalue weighted by Gasteiger charge is -2.36. The maximum Gasteiger partial charge on any atom is 0.292 e. The molecule has 170 valence electrons. The highest BCUT2D eigenvalue weighted by molar-refractivity contribution is 6.06. The van der Waals surface area contributed by atoms with Crippen molar-refractivity contribution in [1.82, 2.24) is 4.90 Å². The van der Waals surface area contributed by atoms with Gasteiger partial charge in [0.15, 0.2) is 0 Å². The van der Waals surface area contributed by atoms with Gasteiger partial charge in [0, 0.05) is 44.0 Å².